The molecular weight excluding hydrogens is 197 g/mol. The lowest BCUT2D eigenvalue weighted by Gasteiger charge is -2.28. The molecule has 0 bridgehead atoms. The Morgan fingerprint density at radius 1 is 1.27 bits per heavy atom. The van der Waals surface area contributed by atoms with Crippen molar-refractivity contribution in [2.24, 2.45) is 0 Å². The van der Waals surface area contributed by atoms with Crippen molar-refractivity contribution in [2.75, 3.05) is 5.32 Å². The molecule has 1 heterocycles. The summed E-state index contributed by atoms with van der Waals surface area (Å²) in [5, 5.41) is 12.7. The third-order valence-electron chi connectivity index (χ3n) is 2.66. The van der Waals surface area contributed by atoms with Gasteiger partial charge >= 0.3 is 0 Å². The molecule has 82 valence electrons. The standard InChI is InChI=1S/C10H14FN3O/c11-7-5-12-10(13-6-7)14-8-3-1-2-4-9(8)15/h5-6,8-9,15H,1-4H2,(H,12,13,14). The highest BCUT2D eigenvalue weighted by molar-refractivity contribution is 5.25. The minimum atomic E-state index is -0.454. The van der Waals surface area contributed by atoms with Crippen LogP contribution in [0.25, 0.3) is 0 Å². The van der Waals surface area contributed by atoms with Gasteiger partial charge in [0.05, 0.1) is 24.5 Å². The van der Waals surface area contributed by atoms with Crippen molar-refractivity contribution in [2.45, 2.75) is 37.8 Å². The summed E-state index contributed by atoms with van der Waals surface area (Å²) in [6.45, 7) is 0. The lowest BCUT2D eigenvalue weighted by atomic mass is 9.93. The van der Waals surface area contributed by atoms with Crippen molar-refractivity contribution in [3.8, 4) is 0 Å². The van der Waals surface area contributed by atoms with E-state index in [1.165, 1.54) is 0 Å². The Labute approximate surface area is 87.6 Å². The number of aliphatic hydroxyl groups excluding tert-OH is 1. The van der Waals surface area contributed by atoms with Gasteiger partial charge in [-0.2, -0.15) is 0 Å². The maximum atomic E-state index is 12.5. The fraction of sp³-hybridized carbons (Fsp3) is 0.600. The number of rotatable bonds is 2. The number of nitrogens with one attached hydrogen (secondary N) is 1. The van der Waals surface area contributed by atoms with E-state index < -0.39 is 5.82 Å². The molecule has 1 saturated carbocycles. The van der Waals surface area contributed by atoms with Gasteiger partial charge in [0.15, 0.2) is 5.82 Å². The Balaban J connectivity index is 1.98. The van der Waals surface area contributed by atoms with Gasteiger partial charge < -0.3 is 10.4 Å². The first-order valence-electron chi connectivity index (χ1n) is 5.18. The molecule has 5 heteroatoms. The second-order valence-corrected chi connectivity index (χ2v) is 3.83. The Hall–Kier alpha value is -1.23. The van der Waals surface area contributed by atoms with E-state index in [2.05, 4.69) is 15.3 Å². The summed E-state index contributed by atoms with van der Waals surface area (Å²) in [6.07, 6.45) is 5.74. The van der Waals surface area contributed by atoms with E-state index in [1.807, 2.05) is 0 Å². The Bertz CT molecular complexity index is 317. The molecule has 0 radical (unpaired) electrons. The van der Waals surface area contributed by atoms with Gasteiger partial charge in [0.1, 0.15) is 0 Å². The number of anilines is 1. The zero-order chi connectivity index (χ0) is 10.7. The molecule has 0 spiro atoms. The number of nitrogens with zero attached hydrogens (tertiary/aromatic N) is 2. The maximum Gasteiger partial charge on any atom is 0.223 e. The fourth-order valence-corrected chi connectivity index (χ4v) is 1.83. The van der Waals surface area contributed by atoms with Crippen LogP contribution in [-0.2, 0) is 0 Å². The van der Waals surface area contributed by atoms with Crippen molar-refractivity contribution in [1.82, 2.24) is 9.97 Å². The van der Waals surface area contributed by atoms with Crippen LogP contribution in [0.15, 0.2) is 12.4 Å². The summed E-state index contributed by atoms with van der Waals surface area (Å²) < 4.78 is 12.5. The number of hydrogen-bond donors (Lipinski definition) is 2. The minimum absolute atomic E-state index is 0.00999. The first-order chi connectivity index (χ1) is 7.25. The lowest BCUT2D eigenvalue weighted by Crippen LogP contribution is -2.36. The molecule has 1 fully saturated rings. The summed E-state index contributed by atoms with van der Waals surface area (Å²) in [4.78, 5) is 7.60. The highest BCUT2D eigenvalue weighted by atomic mass is 19.1. The average molecular weight is 211 g/mol. The molecule has 1 aliphatic rings. The third kappa shape index (κ3) is 2.62. The zero-order valence-corrected chi connectivity index (χ0v) is 8.36. The second-order valence-electron chi connectivity index (χ2n) is 3.83. The van der Waals surface area contributed by atoms with Crippen LogP contribution >= 0.6 is 0 Å². The van der Waals surface area contributed by atoms with E-state index in [4.69, 9.17) is 0 Å². The van der Waals surface area contributed by atoms with E-state index in [9.17, 15) is 9.50 Å². The number of aromatic nitrogens is 2. The van der Waals surface area contributed by atoms with Gasteiger partial charge in [-0.15, -0.1) is 0 Å². The SMILES string of the molecule is OC1CCCCC1Nc1ncc(F)cn1. The zero-order valence-electron chi connectivity index (χ0n) is 8.36. The van der Waals surface area contributed by atoms with Gasteiger partial charge in [0.25, 0.3) is 0 Å². The Morgan fingerprint density at radius 3 is 2.60 bits per heavy atom. The van der Waals surface area contributed by atoms with Crippen molar-refractivity contribution < 1.29 is 9.50 Å². The van der Waals surface area contributed by atoms with Crippen LogP contribution in [0.1, 0.15) is 25.7 Å². The monoisotopic (exact) mass is 211 g/mol. The smallest absolute Gasteiger partial charge is 0.223 e. The molecule has 0 aromatic carbocycles. The van der Waals surface area contributed by atoms with Gasteiger partial charge in [0, 0.05) is 0 Å². The molecule has 2 unspecified atom stereocenters. The number of hydrogen-bond acceptors (Lipinski definition) is 4. The van der Waals surface area contributed by atoms with Gasteiger partial charge in [-0.1, -0.05) is 12.8 Å². The van der Waals surface area contributed by atoms with Crippen LogP contribution < -0.4 is 5.32 Å². The quantitative estimate of drug-likeness (QED) is 0.774. The number of aliphatic hydroxyl groups is 1. The third-order valence-corrected chi connectivity index (χ3v) is 2.66. The molecule has 4 nitrogen and oxygen atoms in total. The molecule has 0 aliphatic heterocycles. The molecule has 1 aliphatic carbocycles. The maximum absolute atomic E-state index is 12.5. The largest absolute Gasteiger partial charge is 0.391 e. The predicted octanol–water partition coefficient (Wildman–Crippen LogP) is 1.33. The second kappa shape index (κ2) is 4.53. The van der Waals surface area contributed by atoms with Crippen LogP contribution in [-0.4, -0.2) is 27.2 Å². The predicted molar refractivity (Wildman–Crippen MR) is 53.9 cm³/mol. The first-order valence-corrected chi connectivity index (χ1v) is 5.18. The van der Waals surface area contributed by atoms with Crippen molar-refractivity contribution in [3.63, 3.8) is 0 Å². The number of halogens is 1. The van der Waals surface area contributed by atoms with Crippen LogP contribution in [0.5, 0.6) is 0 Å². The molecule has 0 amide bonds. The Morgan fingerprint density at radius 2 is 1.93 bits per heavy atom. The summed E-state index contributed by atoms with van der Waals surface area (Å²) in [5.74, 6) is -0.0768. The van der Waals surface area contributed by atoms with Crippen molar-refractivity contribution >= 4 is 5.95 Å². The molecule has 1 aromatic heterocycles. The Kier molecular flexibility index (Phi) is 3.11. The van der Waals surface area contributed by atoms with Gasteiger partial charge in [-0.05, 0) is 12.8 Å². The summed E-state index contributed by atoms with van der Waals surface area (Å²) in [6, 6.07) is -0.00999. The highest BCUT2D eigenvalue weighted by Gasteiger charge is 2.23. The van der Waals surface area contributed by atoms with E-state index in [0.717, 1.165) is 38.1 Å². The molecule has 2 N–H and O–H groups in total. The van der Waals surface area contributed by atoms with Gasteiger partial charge in [0.2, 0.25) is 5.95 Å². The summed E-state index contributed by atoms with van der Waals surface area (Å²) >= 11 is 0. The van der Waals surface area contributed by atoms with E-state index in [0.29, 0.717) is 5.95 Å². The van der Waals surface area contributed by atoms with E-state index >= 15 is 0 Å². The van der Waals surface area contributed by atoms with Crippen LogP contribution in [0.2, 0.25) is 0 Å². The van der Waals surface area contributed by atoms with Gasteiger partial charge in [-0.3, -0.25) is 0 Å². The van der Waals surface area contributed by atoms with Crippen molar-refractivity contribution in [3.05, 3.63) is 18.2 Å². The molecule has 2 atom stereocenters. The average Bonchev–Trinajstić information content (AvgIpc) is 2.25. The minimum Gasteiger partial charge on any atom is -0.391 e. The summed E-state index contributed by atoms with van der Waals surface area (Å²) in [7, 11) is 0. The van der Waals surface area contributed by atoms with Crippen LogP contribution in [0.4, 0.5) is 10.3 Å². The van der Waals surface area contributed by atoms with Crippen molar-refractivity contribution in [1.29, 1.82) is 0 Å². The summed E-state index contributed by atoms with van der Waals surface area (Å²) in [5.41, 5.74) is 0. The van der Waals surface area contributed by atoms with Crippen LogP contribution in [0, 0.1) is 5.82 Å². The van der Waals surface area contributed by atoms with Crippen LogP contribution in [0.3, 0.4) is 0 Å². The van der Waals surface area contributed by atoms with E-state index in [-0.39, 0.29) is 12.1 Å². The fourth-order valence-electron chi connectivity index (χ4n) is 1.83. The topological polar surface area (TPSA) is 58.0 Å². The van der Waals surface area contributed by atoms with Gasteiger partial charge in [-0.25, -0.2) is 14.4 Å². The first kappa shape index (κ1) is 10.3. The molecule has 1 aromatic rings. The molecule has 0 saturated heterocycles. The molecule has 2 rings (SSSR count). The highest BCUT2D eigenvalue weighted by Crippen LogP contribution is 2.20. The normalized spacial score (nSPS) is 26.3. The lowest BCUT2D eigenvalue weighted by molar-refractivity contribution is 0.116. The van der Waals surface area contributed by atoms with E-state index in [1.54, 1.807) is 0 Å². The molecular formula is C10H14FN3O. The molecule has 15 heavy (non-hydrogen) atoms.